The van der Waals surface area contributed by atoms with Crippen molar-refractivity contribution >= 4 is 22.8 Å². The average molecular weight is 344 g/mol. The molecule has 0 aliphatic carbocycles. The summed E-state index contributed by atoms with van der Waals surface area (Å²) < 4.78 is 1.67. The number of carbonyl (C=O) groups excluding carboxylic acids is 1. The highest BCUT2D eigenvalue weighted by Crippen LogP contribution is 2.17. The second-order valence-corrected chi connectivity index (χ2v) is 5.91. The molecule has 3 heterocycles. The number of amides is 1. The fraction of sp³-hybridized carbons (Fsp3) is 0.105. The van der Waals surface area contributed by atoms with Crippen molar-refractivity contribution in [3.05, 3.63) is 71.7 Å². The maximum absolute atomic E-state index is 12.6. The van der Waals surface area contributed by atoms with Gasteiger partial charge in [-0.05, 0) is 49.7 Å². The summed E-state index contributed by atoms with van der Waals surface area (Å²) in [5.41, 5.74) is 4.36. The van der Waals surface area contributed by atoms with Crippen LogP contribution in [0.3, 0.4) is 0 Å². The molecule has 1 amide bonds. The number of pyridine rings is 2. The molecule has 4 aromatic rings. The first-order valence-electron chi connectivity index (χ1n) is 8.15. The monoisotopic (exact) mass is 344 g/mol. The molecule has 0 bridgehead atoms. The van der Waals surface area contributed by atoms with Crippen LogP contribution in [0.1, 0.15) is 21.7 Å². The van der Waals surface area contributed by atoms with Crippen LogP contribution in [0.15, 0.2) is 54.7 Å². The van der Waals surface area contributed by atoms with E-state index in [-0.39, 0.29) is 11.6 Å². The topological polar surface area (TPSA) is 85.6 Å². The average Bonchev–Trinajstić information content (AvgIpc) is 3.03. The molecule has 1 N–H and O–H groups in total. The minimum Gasteiger partial charge on any atom is -0.305 e. The zero-order valence-corrected chi connectivity index (χ0v) is 14.3. The van der Waals surface area contributed by atoms with E-state index in [0.29, 0.717) is 17.0 Å². The van der Waals surface area contributed by atoms with Crippen LogP contribution >= 0.6 is 0 Å². The quantitative estimate of drug-likeness (QED) is 0.617. The molecule has 0 spiro atoms. The normalized spacial score (nSPS) is 10.8. The van der Waals surface area contributed by atoms with Crippen molar-refractivity contribution in [1.29, 1.82) is 0 Å². The summed E-state index contributed by atoms with van der Waals surface area (Å²) in [6.07, 6.45) is 1.70. The number of nitrogens with zero attached hydrogens (tertiary/aromatic N) is 5. The largest absolute Gasteiger partial charge is 0.305 e. The molecule has 26 heavy (non-hydrogen) atoms. The summed E-state index contributed by atoms with van der Waals surface area (Å²) in [6, 6.07) is 15.0. The molecule has 0 aliphatic rings. The number of rotatable bonds is 3. The molecule has 0 aliphatic heterocycles. The van der Waals surface area contributed by atoms with Crippen molar-refractivity contribution in [3.8, 4) is 5.69 Å². The number of aromatic nitrogens is 5. The van der Waals surface area contributed by atoms with E-state index >= 15 is 0 Å². The van der Waals surface area contributed by atoms with E-state index in [9.17, 15) is 4.79 Å². The summed E-state index contributed by atoms with van der Waals surface area (Å²) in [6.45, 7) is 3.81. The van der Waals surface area contributed by atoms with Gasteiger partial charge in [-0.2, -0.15) is 0 Å². The molecule has 7 heteroatoms. The second kappa shape index (κ2) is 6.36. The Bertz CT molecular complexity index is 1120. The van der Waals surface area contributed by atoms with Crippen LogP contribution in [-0.2, 0) is 0 Å². The summed E-state index contributed by atoms with van der Waals surface area (Å²) >= 11 is 0. The number of carbonyl (C=O) groups is 1. The van der Waals surface area contributed by atoms with Crippen LogP contribution in [0, 0.1) is 13.8 Å². The van der Waals surface area contributed by atoms with E-state index < -0.39 is 0 Å². The lowest BCUT2D eigenvalue weighted by molar-refractivity contribution is 0.102. The Morgan fingerprint density at radius 1 is 1.00 bits per heavy atom. The van der Waals surface area contributed by atoms with Gasteiger partial charge in [-0.1, -0.05) is 23.4 Å². The minimum absolute atomic E-state index is 0.265. The first-order chi connectivity index (χ1) is 12.6. The van der Waals surface area contributed by atoms with Gasteiger partial charge in [-0.3, -0.25) is 9.78 Å². The van der Waals surface area contributed by atoms with Gasteiger partial charge in [0.05, 0.1) is 22.4 Å². The molecule has 128 valence electrons. The molecule has 0 radical (unpaired) electrons. The Labute approximate surface area is 149 Å². The predicted molar refractivity (Wildman–Crippen MR) is 98.3 cm³/mol. The Morgan fingerprint density at radius 2 is 1.85 bits per heavy atom. The lowest BCUT2D eigenvalue weighted by Crippen LogP contribution is -2.15. The minimum atomic E-state index is -0.349. The number of fused-ring (bicyclic) bond motifs is 1. The van der Waals surface area contributed by atoms with E-state index in [2.05, 4.69) is 25.6 Å². The van der Waals surface area contributed by atoms with Crippen molar-refractivity contribution in [2.75, 3.05) is 5.32 Å². The Balaban J connectivity index is 1.63. The van der Waals surface area contributed by atoms with Gasteiger partial charge in [0.1, 0.15) is 5.82 Å². The van der Waals surface area contributed by atoms with Gasteiger partial charge in [0.2, 0.25) is 0 Å². The maximum atomic E-state index is 12.6. The zero-order chi connectivity index (χ0) is 18.1. The molecule has 0 unspecified atom stereocenters. The Hall–Kier alpha value is -3.61. The van der Waals surface area contributed by atoms with Crippen LogP contribution < -0.4 is 5.32 Å². The van der Waals surface area contributed by atoms with E-state index in [4.69, 9.17) is 0 Å². The van der Waals surface area contributed by atoms with E-state index in [0.717, 1.165) is 16.8 Å². The third kappa shape index (κ3) is 2.79. The first kappa shape index (κ1) is 15.9. The Morgan fingerprint density at radius 3 is 2.69 bits per heavy atom. The van der Waals surface area contributed by atoms with Gasteiger partial charge in [-0.25, -0.2) is 9.67 Å². The summed E-state index contributed by atoms with van der Waals surface area (Å²) in [7, 11) is 0. The van der Waals surface area contributed by atoms with Gasteiger partial charge >= 0.3 is 0 Å². The molecule has 1 aromatic carbocycles. The third-order valence-electron chi connectivity index (χ3n) is 4.15. The maximum Gasteiger partial charge on any atom is 0.279 e. The van der Waals surface area contributed by atoms with Gasteiger partial charge in [0.25, 0.3) is 5.91 Å². The van der Waals surface area contributed by atoms with Gasteiger partial charge in [0, 0.05) is 6.20 Å². The number of hydrogen-bond acceptors (Lipinski definition) is 5. The predicted octanol–water partition coefficient (Wildman–Crippen LogP) is 3.08. The van der Waals surface area contributed by atoms with Crippen molar-refractivity contribution in [3.63, 3.8) is 0 Å². The highest BCUT2D eigenvalue weighted by Gasteiger charge is 2.18. The molecule has 4 rings (SSSR count). The molecular weight excluding hydrogens is 328 g/mol. The fourth-order valence-electron chi connectivity index (χ4n) is 2.77. The van der Waals surface area contributed by atoms with Crippen molar-refractivity contribution in [1.82, 2.24) is 25.0 Å². The molecule has 0 atom stereocenters. The number of para-hydroxylation sites is 1. The van der Waals surface area contributed by atoms with Crippen molar-refractivity contribution in [2.24, 2.45) is 0 Å². The molecular formula is C19H16N6O. The van der Waals surface area contributed by atoms with E-state index in [1.165, 1.54) is 0 Å². The summed E-state index contributed by atoms with van der Waals surface area (Å²) in [5.74, 6) is 0.0958. The third-order valence-corrected chi connectivity index (χ3v) is 4.15. The molecule has 0 fully saturated rings. The smallest absolute Gasteiger partial charge is 0.279 e. The van der Waals surface area contributed by atoms with Crippen LogP contribution in [0.4, 0.5) is 5.82 Å². The van der Waals surface area contributed by atoms with Crippen LogP contribution in [0.2, 0.25) is 0 Å². The lowest BCUT2D eigenvalue weighted by Gasteiger charge is -2.07. The number of hydrogen-bond donors (Lipinski definition) is 1. The van der Waals surface area contributed by atoms with Crippen LogP contribution in [0.5, 0.6) is 0 Å². The van der Waals surface area contributed by atoms with Crippen LogP contribution in [-0.4, -0.2) is 30.9 Å². The van der Waals surface area contributed by atoms with Crippen molar-refractivity contribution < 1.29 is 4.79 Å². The number of anilines is 1. The van der Waals surface area contributed by atoms with Gasteiger partial charge in [-0.15, -0.1) is 5.10 Å². The molecule has 0 saturated heterocycles. The van der Waals surface area contributed by atoms with Gasteiger partial charge in [0.15, 0.2) is 5.69 Å². The number of benzene rings is 1. The van der Waals surface area contributed by atoms with E-state index in [1.807, 2.05) is 50.2 Å². The van der Waals surface area contributed by atoms with Crippen molar-refractivity contribution in [2.45, 2.75) is 13.8 Å². The van der Waals surface area contributed by atoms with E-state index in [1.54, 1.807) is 23.0 Å². The number of aryl methyl sites for hydroxylation is 1. The SMILES string of the molecule is Cc1ccccc1-n1nnc(C(=O)Nc2ccc3ncccc3n2)c1C. The molecule has 0 saturated carbocycles. The second-order valence-electron chi connectivity index (χ2n) is 5.91. The summed E-state index contributed by atoms with van der Waals surface area (Å²) in [5, 5.41) is 11.0. The van der Waals surface area contributed by atoms with Gasteiger partial charge < -0.3 is 5.32 Å². The highest BCUT2D eigenvalue weighted by molar-refractivity contribution is 6.03. The molecule has 7 nitrogen and oxygen atoms in total. The lowest BCUT2D eigenvalue weighted by atomic mass is 10.2. The highest BCUT2D eigenvalue weighted by atomic mass is 16.2. The van der Waals surface area contributed by atoms with Crippen LogP contribution in [0.25, 0.3) is 16.7 Å². The standard InChI is InChI=1S/C19H16N6O/c1-12-6-3-4-8-16(12)25-13(2)18(23-24-25)19(26)22-17-10-9-14-15(21-17)7-5-11-20-14/h3-11H,1-2H3,(H,21,22,26). The molecule has 3 aromatic heterocycles. The fourth-order valence-corrected chi connectivity index (χ4v) is 2.77. The summed E-state index contributed by atoms with van der Waals surface area (Å²) in [4.78, 5) is 21.2. The Kier molecular flexibility index (Phi) is 3.89. The first-order valence-corrected chi connectivity index (χ1v) is 8.15. The number of nitrogens with one attached hydrogen (secondary N) is 1. The zero-order valence-electron chi connectivity index (χ0n) is 14.3.